The lowest BCUT2D eigenvalue weighted by atomic mass is 10.2. The van der Waals surface area contributed by atoms with Crippen molar-refractivity contribution in [2.45, 2.75) is 39.8 Å². The molecule has 0 radical (unpaired) electrons. The van der Waals surface area contributed by atoms with Crippen LogP contribution in [0.5, 0.6) is 0 Å². The van der Waals surface area contributed by atoms with Crippen molar-refractivity contribution in [3.8, 4) is 11.4 Å². The third-order valence-corrected chi connectivity index (χ3v) is 5.14. The summed E-state index contributed by atoms with van der Waals surface area (Å²) in [5.41, 5.74) is 5.04. The molecule has 0 unspecified atom stereocenters. The predicted octanol–water partition coefficient (Wildman–Crippen LogP) is 3.24. The fourth-order valence-corrected chi connectivity index (χ4v) is 3.37. The minimum atomic E-state index is -0.0710. The lowest BCUT2D eigenvalue weighted by molar-refractivity contribution is -0.121. The van der Waals surface area contributed by atoms with E-state index in [0.717, 1.165) is 22.5 Å². The van der Waals surface area contributed by atoms with E-state index in [0.29, 0.717) is 31.2 Å². The van der Waals surface area contributed by atoms with Gasteiger partial charge in [0.25, 0.3) is 0 Å². The van der Waals surface area contributed by atoms with Crippen molar-refractivity contribution < 1.29 is 9.32 Å². The minimum Gasteiger partial charge on any atom is -0.352 e. The summed E-state index contributed by atoms with van der Waals surface area (Å²) in [7, 11) is 0. The molecule has 4 aromatic rings. The zero-order valence-corrected chi connectivity index (χ0v) is 17.6. The SMILES string of the molecule is Cc1nn(Cc2ccccc2)c(C)c1CNC(=O)CCc1nc(-c2ccncc2)no1. The van der Waals surface area contributed by atoms with Crippen LogP contribution in [0.2, 0.25) is 0 Å². The number of pyridine rings is 1. The number of benzene rings is 1. The first-order valence-electron chi connectivity index (χ1n) is 10.2. The number of hydrogen-bond acceptors (Lipinski definition) is 6. The number of hydrogen-bond donors (Lipinski definition) is 1. The molecule has 0 atom stereocenters. The van der Waals surface area contributed by atoms with E-state index in [1.165, 1.54) is 5.56 Å². The largest absolute Gasteiger partial charge is 0.352 e. The van der Waals surface area contributed by atoms with Crippen molar-refractivity contribution in [1.82, 2.24) is 30.2 Å². The fraction of sp³-hybridized carbons (Fsp3) is 0.261. The van der Waals surface area contributed by atoms with Gasteiger partial charge in [-0.15, -0.1) is 0 Å². The first-order chi connectivity index (χ1) is 15.1. The van der Waals surface area contributed by atoms with Gasteiger partial charge in [-0.2, -0.15) is 10.1 Å². The Hall–Kier alpha value is -3.81. The summed E-state index contributed by atoms with van der Waals surface area (Å²) in [4.78, 5) is 20.7. The molecule has 1 aromatic carbocycles. The van der Waals surface area contributed by atoms with Gasteiger partial charge in [0, 0.05) is 48.6 Å². The molecule has 31 heavy (non-hydrogen) atoms. The van der Waals surface area contributed by atoms with Crippen LogP contribution in [0.15, 0.2) is 59.4 Å². The van der Waals surface area contributed by atoms with Gasteiger partial charge in [-0.1, -0.05) is 35.5 Å². The zero-order valence-electron chi connectivity index (χ0n) is 17.6. The van der Waals surface area contributed by atoms with Crippen molar-refractivity contribution in [3.05, 3.63) is 83.3 Å². The molecule has 8 nitrogen and oxygen atoms in total. The number of aromatic nitrogens is 5. The van der Waals surface area contributed by atoms with Gasteiger partial charge in [-0.3, -0.25) is 14.5 Å². The van der Waals surface area contributed by atoms with E-state index in [4.69, 9.17) is 4.52 Å². The molecule has 0 aliphatic heterocycles. The number of rotatable bonds is 8. The maximum absolute atomic E-state index is 12.4. The summed E-state index contributed by atoms with van der Waals surface area (Å²) in [6, 6.07) is 13.8. The van der Waals surface area contributed by atoms with Gasteiger partial charge in [-0.05, 0) is 31.5 Å². The molecule has 0 aliphatic carbocycles. The highest BCUT2D eigenvalue weighted by molar-refractivity contribution is 5.76. The second-order valence-corrected chi connectivity index (χ2v) is 7.32. The van der Waals surface area contributed by atoms with Gasteiger partial charge in [-0.25, -0.2) is 0 Å². The van der Waals surface area contributed by atoms with E-state index < -0.39 is 0 Å². The van der Waals surface area contributed by atoms with Crippen LogP contribution in [0.1, 0.15) is 34.8 Å². The topological polar surface area (TPSA) is 98.7 Å². The molecule has 8 heteroatoms. The maximum atomic E-state index is 12.4. The average molecular weight is 416 g/mol. The van der Waals surface area contributed by atoms with E-state index in [2.05, 4.69) is 37.7 Å². The zero-order chi connectivity index (χ0) is 21.6. The molecule has 0 bridgehead atoms. The molecule has 3 aromatic heterocycles. The van der Waals surface area contributed by atoms with Crippen molar-refractivity contribution >= 4 is 5.91 Å². The molecular formula is C23H24N6O2. The van der Waals surface area contributed by atoms with Crippen LogP contribution in [0, 0.1) is 13.8 Å². The molecule has 0 spiro atoms. The van der Waals surface area contributed by atoms with Crippen molar-refractivity contribution in [1.29, 1.82) is 0 Å². The minimum absolute atomic E-state index is 0.0710. The third-order valence-electron chi connectivity index (χ3n) is 5.14. The number of carbonyl (C=O) groups is 1. The van der Waals surface area contributed by atoms with Crippen molar-refractivity contribution in [2.75, 3.05) is 0 Å². The highest BCUT2D eigenvalue weighted by Gasteiger charge is 2.14. The highest BCUT2D eigenvalue weighted by Crippen LogP contribution is 2.16. The van der Waals surface area contributed by atoms with Crippen LogP contribution in [0.4, 0.5) is 0 Å². The van der Waals surface area contributed by atoms with Crippen LogP contribution < -0.4 is 5.32 Å². The molecule has 4 rings (SSSR count). The van der Waals surface area contributed by atoms with Crippen LogP contribution in [-0.4, -0.2) is 30.8 Å². The number of amides is 1. The number of nitrogens with one attached hydrogen (secondary N) is 1. The number of nitrogens with zero attached hydrogens (tertiary/aromatic N) is 5. The molecule has 1 N–H and O–H groups in total. The Morgan fingerprint density at radius 3 is 2.65 bits per heavy atom. The summed E-state index contributed by atoms with van der Waals surface area (Å²) in [5, 5.41) is 11.6. The molecule has 0 saturated heterocycles. The van der Waals surface area contributed by atoms with Crippen LogP contribution in [-0.2, 0) is 24.3 Å². The van der Waals surface area contributed by atoms with E-state index in [-0.39, 0.29) is 12.3 Å². The molecular weight excluding hydrogens is 392 g/mol. The second-order valence-electron chi connectivity index (χ2n) is 7.32. The van der Waals surface area contributed by atoms with Crippen molar-refractivity contribution in [3.63, 3.8) is 0 Å². The Kier molecular flexibility index (Phi) is 6.16. The Morgan fingerprint density at radius 1 is 1.10 bits per heavy atom. The van der Waals surface area contributed by atoms with Gasteiger partial charge in [0.1, 0.15) is 0 Å². The smallest absolute Gasteiger partial charge is 0.227 e. The Labute approximate surface area is 180 Å². The van der Waals surface area contributed by atoms with Gasteiger partial charge < -0.3 is 9.84 Å². The van der Waals surface area contributed by atoms with Gasteiger partial charge in [0.15, 0.2) is 0 Å². The maximum Gasteiger partial charge on any atom is 0.227 e. The number of carbonyl (C=O) groups excluding carboxylic acids is 1. The van der Waals surface area contributed by atoms with E-state index in [1.807, 2.05) is 48.9 Å². The molecule has 0 fully saturated rings. The van der Waals surface area contributed by atoms with Gasteiger partial charge in [0.2, 0.25) is 17.6 Å². The van der Waals surface area contributed by atoms with Gasteiger partial charge >= 0.3 is 0 Å². The first-order valence-corrected chi connectivity index (χ1v) is 10.2. The van der Waals surface area contributed by atoms with E-state index in [9.17, 15) is 4.79 Å². The van der Waals surface area contributed by atoms with E-state index >= 15 is 0 Å². The predicted molar refractivity (Wildman–Crippen MR) is 115 cm³/mol. The summed E-state index contributed by atoms with van der Waals surface area (Å²) >= 11 is 0. The quantitative estimate of drug-likeness (QED) is 0.473. The first kappa shape index (κ1) is 20.5. The highest BCUT2D eigenvalue weighted by atomic mass is 16.5. The molecule has 1 amide bonds. The lowest BCUT2D eigenvalue weighted by Gasteiger charge is -2.07. The van der Waals surface area contributed by atoms with Crippen LogP contribution in [0.25, 0.3) is 11.4 Å². The fourth-order valence-electron chi connectivity index (χ4n) is 3.37. The average Bonchev–Trinajstić information content (AvgIpc) is 3.37. The van der Waals surface area contributed by atoms with Crippen LogP contribution in [0.3, 0.4) is 0 Å². The molecule has 158 valence electrons. The second kappa shape index (κ2) is 9.34. The number of aryl methyl sites for hydroxylation is 2. The van der Waals surface area contributed by atoms with Crippen LogP contribution >= 0.6 is 0 Å². The molecule has 0 aliphatic rings. The summed E-state index contributed by atoms with van der Waals surface area (Å²) in [6.45, 7) is 5.15. The van der Waals surface area contributed by atoms with E-state index in [1.54, 1.807) is 12.4 Å². The Morgan fingerprint density at radius 2 is 1.87 bits per heavy atom. The lowest BCUT2D eigenvalue weighted by Crippen LogP contribution is -2.23. The Balaban J connectivity index is 1.31. The summed E-state index contributed by atoms with van der Waals surface area (Å²) in [6.07, 6.45) is 4.00. The summed E-state index contributed by atoms with van der Waals surface area (Å²) in [5.74, 6) is 0.859. The summed E-state index contributed by atoms with van der Waals surface area (Å²) < 4.78 is 7.23. The monoisotopic (exact) mass is 416 g/mol. The normalized spacial score (nSPS) is 10.9. The standard InChI is InChI=1S/C23H24N6O2/c1-16-20(17(2)29(27-16)15-18-6-4-3-5-7-18)14-25-21(30)8-9-22-26-23(28-31-22)19-10-12-24-13-11-19/h3-7,10-13H,8-9,14-15H2,1-2H3,(H,25,30). The third kappa shape index (κ3) is 5.03. The Bertz CT molecular complexity index is 1150. The molecule has 3 heterocycles. The molecule has 0 saturated carbocycles. The van der Waals surface area contributed by atoms with Gasteiger partial charge in [0.05, 0.1) is 12.2 Å². The van der Waals surface area contributed by atoms with Crippen molar-refractivity contribution in [2.24, 2.45) is 0 Å².